The lowest BCUT2D eigenvalue weighted by Crippen LogP contribution is -2.60. The number of anilines is 1. The van der Waals surface area contributed by atoms with Gasteiger partial charge in [0.2, 0.25) is 11.9 Å². The number of nitrogens with one attached hydrogen (secondary N) is 2. The number of piperazine rings is 1. The number of hydrogen-bond acceptors (Lipinski definition) is 4. The van der Waals surface area contributed by atoms with Crippen molar-refractivity contribution in [3.05, 3.63) is 11.9 Å². The van der Waals surface area contributed by atoms with Gasteiger partial charge in [-0.25, -0.2) is 4.98 Å². The number of amides is 1. The molecule has 1 atom stereocenters. The first-order chi connectivity index (χ1) is 8.47. The molecule has 0 saturated carbocycles. The topological polar surface area (TPSA) is 62.2 Å². The largest absolute Gasteiger partial charge is 0.353 e. The maximum atomic E-state index is 11.7. The van der Waals surface area contributed by atoms with E-state index in [1.807, 2.05) is 13.8 Å². The van der Waals surface area contributed by atoms with E-state index in [0.29, 0.717) is 6.54 Å². The van der Waals surface area contributed by atoms with Crippen molar-refractivity contribution in [2.24, 2.45) is 0 Å². The number of aromatic nitrogens is 2. The third kappa shape index (κ3) is 1.68. The molecule has 2 aliphatic heterocycles. The van der Waals surface area contributed by atoms with Crippen LogP contribution in [0.4, 0.5) is 5.95 Å². The molecule has 1 saturated heterocycles. The van der Waals surface area contributed by atoms with Crippen molar-refractivity contribution in [2.45, 2.75) is 32.0 Å². The summed E-state index contributed by atoms with van der Waals surface area (Å²) in [6, 6.07) is 0.0872. The highest BCUT2D eigenvalue weighted by molar-refractivity contribution is 5.86. The number of hydrogen-bond donors (Lipinski definition) is 2. The van der Waals surface area contributed by atoms with Crippen LogP contribution in [0.15, 0.2) is 6.20 Å². The second kappa shape index (κ2) is 3.71. The van der Waals surface area contributed by atoms with E-state index in [9.17, 15) is 4.79 Å². The maximum Gasteiger partial charge on any atom is 0.239 e. The molecule has 2 N–H and O–H groups in total. The van der Waals surface area contributed by atoms with Gasteiger partial charge in [0.1, 0.15) is 0 Å². The number of rotatable bonds is 1. The van der Waals surface area contributed by atoms with Gasteiger partial charge in [-0.2, -0.15) is 0 Å². The standard InChI is InChI=1S/C12H19N5O/c1-12(2)10(18)13-6-8(15-12)9-7-17-5-4-16(3)11(17)14-9/h7-8,15H,4-6H2,1-3H3,(H,13,18). The van der Waals surface area contributed by atoms with Crippen molar-refractivity contribution in [3.8, 4) is 0 Å². The number of fused-ring (bicyclic) bond motifs is 1. The van der Waals surface area contributed by atoms with Crippen LogP contribution in [0.5, 0.6) is 0 Å². The second-order valence-electron chi connectivity index (χ2n) is 5.61. The number of likely N-dealkylation sites (N-methyl/N-ethyl adjacent to an activating group) is 1. The smallest absolute Gasteiger partial charge is 0.239 e. The Bertz CT molecular complexity index is 493. The van der Waals surface area contributed by atoms with Gasteiger partial charge in [-0.15, -0.1) is 0 Å². The molecular formula is C12H19N5O. The minimum absolute atomic E-state index is 0.0441. The summed E-state index contributed by atoms with van der Waals surface area (Å²) in [5, 5.41) is 6.29. The molecular weight excluding hydrogens is 230 g/mol. The highest BCUT2D eigenvalue weighted by atomic mass is 16.2. The van der Waals surface area contributed by atoms with Crippen LogP contribution in [-0.4, -0.2) is 41.1 Å². The van der Waals surface area contributed by atoms with Crippen molar-refractivity contribution in [3.63, 3.8) is 0 Å². The Balaban J connectivity index is 1.84. The van der Waals surface area contributed by atoms with E-state index in [4.69, 9.17) is 0 Å². The van der Waals surface area contributed by atoms with Crippen LogP contribution in [-0.2, 0) is 11.3 Å². The molecule has 0 aromatic carbocycles. The Hall–Kier alpha value is -1.56. The van der Waals surface area contributed by atoms with Gasteiger partial charge < -0.3 is 14.8 Å². The van der Waals surface area contributed by atoms with Crippen LogP contribution in [0, 0.1) is 0 Å². The maximum absolute atomic E-state index is 11.7. The fourth-order valence-electron chi connectivity index (χ4n) is 2.57. The zero-order valence-electron chi connectivity index (χ0n) is 11.0. The molecule has 0 radical (unpaired) electrons. The Kier molecular flexibility index (Phi) is 2.38. The third-order valence-corrected chi connectivity index (χ3v) is 3.72. The minimum atomic E-state index is -0.539. The third-order valence-electron chi connectivity index (χ3n) is 3.72. The quantitative estimate of drug-likeness (QED) is 0.728. The molecule has 0 aliphatic carbocycles. The zero-order valence-corrected chi connectivity index (χ0v) is 11.0. The summed E-state index contributed by atoms with van der Waals surface area (Å²) < 4.78 is 2.17. The summed E-state index contributed by atoms with van der Waals surface area (Å²) in [5.74, 6) is 1.06. The summed E-state index contributed by atoms with van der Waals surface area (Å²) >= 11 is 0. The molecule has 0 bridgehead atoms. The van der Waals surface area contributed by atoms with Crippen molar-refractivity contribution in [2.75, 3.05) is 25.0 Å². The molecule has 6 nitrogen and oxygen atoms in total. The van der Waals surface area contributed by atoms with Crippen LogP contribution in [0.3, 0.4) is 0 Å². The average Bonchev–Trinajstić information content (AvgIpc) is 2.85. The fourth-order valence-corrected chi connectivity index (χ4v) is 2.57. The van der Waals surface area contributed by atoms with Crippen LogP contribution < -0.4 is 15.5 Å². The highest BCUT2D eigenvalue weighted by Crippen LogP contribution is 2.25. The molecule has 1 unspecified atom stereocenters. The molecule has 1 aromatic heterocycles. The SMILES string of the molecule is CN1CCn2cc(C3CNC(=O)C(C)(C)N3)nc21. The van der Waals surface area contributed by atoms with Crippen molar-refractivity contribution in [1.29, 1.82) is 0 Å². The molecule has 1 amide bonds. The molecule has 18 heavy (non-hydrogen) atoms. The van der Waals surface area contributed by atoms with Crippen LogP contribution in [0.2, 0.25) is 0 Å². The summed E-state index contributed by atoms with van der Waals surface area (Å²) in [5.41, 5.74) is 0.465. The Morgan fingerprint density at radius 1 is 1.44 bits per heavy atom. The molecule has 6 heteroatoms. The van der Waals surface area contributed by atoms with Gasteiger partial charge >= 0.3 is 0 Å². The normalized spacial score (nSPS) is 26.1. The van der Waals surface area contributed by atoms with Crippen molar-refractivity contribution < 1.29 is 4.79 Å². The minimum Gasteiger partial charge on any atom is -0.353 e. The Labute approximate surface area is 106 Å². The number of carbonyl (C=O) groups is 1. The highest BCUT2D eigenvalue weighted by Gasteiger charge is 2.36. The van der Waals surface area contributed by atoms with Gasteiger partial charge in [-0.1, -0.05) is 0 Å². The lowest BCUT2D eigenvalue weighted by atomic mass is 9.98. The molecule has 1 fully saturated rings. The van der Waals surface area contributed by atoms with Gasteiger partial charge in [0.15, 0.2) is 0 Å². The lowest BCUT2D eigenvalue weighted by Gasteiger charge is -2.35. The molecule has 98 valence electrons. The Morgan fingerprint density at radius 2 is 2.22 bits per heavy atom. The first-order valence-corrected chi connectivity index (χ1v) is 6.31. The molecule has 0 spiro atoms. The van der Waals surface area contributed by atoms with E-state index in [1.54, 1.807) is 0 Å². The average molecular weight is 249 g/mol. The van der Waals surface area contributed by atoms with Crippen LogP contribution >= 0.6 is 0 Å². The molecule has 1 aromatic rings. The van der Waals surface area contributed by atoms with E-state index in [2.05, 4.69) is 38.3 Å². The van der Waals surface area contributed by atoms with Gasteiger partial charge in [-0.05, 0) is 13.8 Å². The molecule has 3 heterocycles. The van der Waals surface area contributed by atoms with E-state index in [0.717, 1.165) is 24.7 Å². The monoisotopic (exact) mass is 249 g/mol. The van der Waals surface area contributed by atoms with Gasteiger partial charge in [0, 0.05) is 32.9 Å². The Morgan fingerprint density at radius 3 is 2.89 bits per heavy atom. The molecule has 2 aliphatic rings. The second-order valence-corrected chi connectivity index (χ2v) is 5.61. The van der Waals surface area contributed by atoms with E-state index in [-0.39, 0.29) is 11.9 Å². The number of carbonyl (C=O) groups excluding carboxylic acids is 1. The fraction of sp³-hybridized carbons (Fsp3) is 0.667. The van der Waals surface area contributed by atoms with Crippen molar-refractivity contribution in [1.82, 2.24) is 20.2 Å². The first kappa shape index (κ1) is 11.5. The van der Waals surface area contributed by atoms with Gasteiger partial charge in [0.25, 0.3) is 0 Å². The predicted octanol–water partition coefficient (Wildman–Crippen LogP) is -0.128. The summed E-state index contributed by atoms with van der Waals surface area (Å²) in [6.07, 6.45) is 2.09. The predicted molar refractivity (Wildman–Crippen MR) is 68.5 cm³/mol. The van der Waals surface area contributed by atoms with Crippen LogP contribution in [0.25, 0.3) is 0 Å². The first-order valence-electron chi connectivity index (χ1n) is 6.31. The zero-order chi connectivity index (χ0) is 12.9. The summed E-state index contributed by atoms with van der Waals surface area (Å²) in [4.78, 5) is 18.5. The van der Waals surface area contributed by atoms with Gasteiger partial charge in [-0.3, -0.25) is 10.1 Å². The number of nitrogens with zero attached hydrogens (tertiary/aromatic N) is 3. The van der Waals surface area contributed by atoms with E-state index in [1.165, 1.54) is 0 Å². The summed E-state index contributed by atoms with van der Waals surface area (Å²) in [7, 11) is 2.05. The lowest BCUT2D eigenvalue weighted by molar-refractivity contribution is -0.128. The van der Waals surface area contributed by atoms with Gasteiger partial charge in [0.05, 0.1) is 17.3 Å². The molecule has 3 rings (SSSR count). The van der Waals surface area contributed by atoms with Crippen molar-refractivity contribution >= 4 is 11.9 Å². The van der Waals surface area contributed by atoms with E-state index < -0.39 is 5.54 Å². The van der Waals surface area contributed by atoms with E-state index >= 15 is 0 Å². The van der Waals surface area contributed by atoms with Crippen LogP contribution in [0.1, 0.15) is 25.6 Å². The number of imidazole rings is 1. The summed E-state index contributed by atoms with van der Waals surface area (Å²) in [6.45, 7) is 6.39.